The maximum absolute atomic E-state index is 5.79. The van der Waals surface area contributed by atoms with E-state index >= 15 is 0 Å². The van der Waals surface area contributed by atoms with Crippen LogP contribution >= 0.6 is 0 Å². The summed E-state index contributed by atoms with van der Waals surface area (Å²) in [5.74, 6) is 1.81. The van der Waals surface area contributed by atoms with Crippen LogP contribution < -0.4 is 10.6 Å². The smallest absolute Gasteiger partial charge is 0.149 e. The molecule has 0 radical (unpaired) electrons. The Kier molecular flexibility index (Phi) is 1.80. The van der Waals surface area contributed by atoms with Crippen LogP contribution in [0.2, 0.25) is 0 Å². The fourth-order valence-electron chi connectivity index (χ4n) is 2.23. The van der Waals surface area contributed by atoms with Crippen LogP contribution in [0.5, 0.6) is 0 Å². The highest BCUT2D eigenvalue weighted by Crippen LogP contribution is 2.23. The van der Waals surface area contributed by atoms with Gasteiger partial charge in [-0.05, 0) is 25.0 Å². The summed E-state index contributed by atoms with van der Waals surface area (Å²) in [4.78, 5) is 6.52. The molecule has 0 spiro atoms. The van der Waals surface area contributed by atoms with E-state index in [1.807, 2.05) is 12.1 Å². The standard InChI is InChI=1S/C11H14N4/c12-11-9-4-3-5-10(15(9)8-13-11)14-6-1-2-7-14/h3-5,8H,1-2,6-7,12H2. The zero-order valence-corrected chi connectivity index (χ0v) is 8.56. The Morgan fingerprint density at radius 3 is 2.80 bits per heavy atom. The van der Waals surface area contributed by atoms with Crippen molar-refractivity contribution in [1.29, 1.82) is 0 Å². The number of aromatic nitrogens is 2. The first kappa shape index (κ1) is 8.59. The number of fused-ring (bicyclic) bond motifs is 1. The molecule has 1 fully saturated rings. The van der Waals surface area contributed by atoms with Crippen molar-refractivity contribution < 1.29 is 0 Å². The second-order valence-corrected chi connectivity index (χ2v) is 3.96. The Morgan fingerprint density at radius 1 is 1.20 bits per heavy atom. The first-order chi connectivity index (χ1) is 7.36. The van der Waals surface area contributed by atoms with Gasteiger partial charge in [0.15, 0.2) is 0 Å². The summed E-state index contributed by atoms with van der Waals surface area (Å²) in [6.45, 7) is 2.27. The molecule has 0 unspecified atom stereocenters. The van der Waals surface area contributed by atoms with Gasteiger partial charge in [0.05, 0.1) is 5.52 Å². The molecule has 1 aliphatic heterocycles. The number of nitrogens with zero attached hydrogens (tertiary/aromatic N) is 3. The number of pyridine rings is 1. The zero-order valence-electron chi connectivity index (χ0n) is 8.56. The summed E-state index contributed by atoms with van der Waals surface area (Å²) in [6, 6.07) is 6.17. The van der Waals surface area contributed by atoms with Crippen LogP contribution in [0.4, 0.5) is 11.6 Å². The van der Waals surface area contributed by atoms with Crippen LogP contribution in [0.1, 0.15) is 12.8 Å². The molecular formula is C11H14N4. The minimum Gasteiger partial charge on any atom is -0.382 e. The molecule has 4 heteroatoms. The van der Waals surface area contributed by atoms with Crippen LogP contribution in [0.15, 0.2) is 24.5 Å². The summed E-state index contributed by atoms with van der Waals surface area (Å²) < 4.78 is 2.07. The lowest BCUT2D eigenvalue weighted by molar-refractivity contribution is 0.916. The molecule has 3 rings (SSSR count). The monoisotopic (exact) mass is 202 g/mol. The average Bonchev–Trinajstić information content (AvgIpc) is 2.88. The minimum absolute atomic E-state index is 0.607. The summed E-state index contributed by atoms with van der Waals surface area (Å²) in [7, 11) is 0. The zero-order chi connectivity index (χ0) is 10.3. The molecule has 2 aromatic heterocycles. The van der Waals surface area contributed by atoms with E-state index in [9.17, 15) is 0 Å². The van der Waals surface area contributed by atoms with Gasteiger partial charge >= 0.3 is 0 Å². The van der Waals surface area contributed by atoms with Crippen molar-refractivity contribution >= 4 is 17.2 Å². The molecule has 3 heterocycles. The predicted molar refractivity (Wildman–Crippen MR) is 61.1 cm³/mol. The molecule has 0 saturated carbocycles. The molecule has 15 heavy (non-hydrogen) atoms. The summed E-state index contributed by atoms with van der Waals surface area (Å²) >= 11 is 0. The van der Waals surface area contributed by atoms with E-state index in [4.69, 9.17) is 5.73 Å². The number of hydrogen-bond donors (Lipinski definition) is 1. The molecule has 0 aromatic carbocycles. The molecule has 78 valence electrons. The second-order valence-electron chi connectivity index (χ2n) is 3.96. The Hall–Kier alpha value is -1.71. The number of nitrogens with two attached hydrogens (primary N) is 1. The van der Waals surface area contributed by atoms with Crippen LogP contribution in [0, 0.1) is 0 Å². The van der Waals surface area contributed by atoms with Gasteiger partial charge in [-0.3, -0.25) is 4.40 Å². The van der Waals surface area contributed by atoms with Gasteiger partial charge in [0.2, 0.25) is 0 Å². The largest absolute Gasteiger partial charge is 0.382 e. The van der Waals surface area contributed by atoms with Crippen molar-refractivity contribution in [2.75, 3.05) is 23.7 Å². The van der Waals surface area contributed by atoms with Crippen molar-refractivity contribution in [1.82, 2.24) is 9.38 Å². The highest BCUT2D eigenvalue weighted by molar-refractivity contribution is 5.69. The lowest BCUT2D eigenvalue weighted by atomic mass is 10.3. The van der Waals surface area contributed by atoms with Gasteiger partial charge in [-0.25, -0.2) is 4.98 Å². The van der Waals surface area contributed by atoms with E-state index in [-0.39, 0.29) is 0 Å². The predicted octanol–water partition coefficient (Wildman–Crippen LogP) is 1.52. The third kappa shape index (κ3) is 1.25. The van der Waals surface area contributed by atoms with Gasteiger partial charge in [0.25, 0.3) is 0 Å². The van der Waals surface area contributed by atoms with Crippen molar-refractivity contribution in [2.24, 2.45) is 0 Å². The van der Waals surface area contributed by atoms with E-state index in [2.05, 4.69) is 20.4 Å². The van der Waals surface area contributed by atoms with Crippen LogP contribution in [-0.4, -0.2) is 22.5 Å². The topological polar surface area (TPSA) is 46.6 Å². The maximum atomic E-state index is 5.79. The molecule has 1 saturated heterocycles. The Labute approximate surface area is 88.3 Å². The normalized spacial score (nSPS) is 16.4. The highest BCUT2D eigenvalue weighted by Gasteiger charge is 2.15. The van der Waals surface area contributed by atoms with E-state index < -0.39 is 0 Å². The number of nitrogen functional groups attached to an aromatic ring is 1. The molecule has 0 atom stereocenters. The number of rotatable bonds is 1. The molecule has 4 nitrogen and oxygen atoms in total. The molecule has 2 aromatic rings. The molecule has 2 N–H and O–H groups in total. The van der Waals surface area contributed by atoms with Crippen molar-refractivity contribution in [3.05, 3.63) is 24.5 Å². The van der Waals surface area contributed by atoms with Crippen LogP contribution in [0.25, 0.3) is 5.52 Å². The third-order valence-electron chi connectivity index (χ3n) is 3.01. The first-order valence-corrected chi connectivity index (χ1v) is 5.33. The van der Waals surface area contributed by atoms with Gasteiger partial charge in [-0.1, -0.05) is 6.07 Å². The highest BCUT2D eigenvalue weighted by atomic mass is 15.2. The van der Waals surface area contributed by atoms with E-state index in [0.717, 1.165) is 18.6 Å². The van der Waals surface area contributed by atoms with Crippen molar-refractivity contribution in [3.63, 3.8) is 0 Å². The van der Waals surface area contributed by atoms with Gasteiger partial charge in [-0.15, -0.1) is 0 Å². The summed E-state index contributed by atoms with van der Waals surface area (Å²) in [5.41, 5.74) is 6.79. The molecular weight excluding hydrogens is 188 g/mol. The van der Waals surface area contributed by atoms with Crippen molar-refractivity contribution in [2.45, 2.75) is 12.8 Å². The van der Waals surface area contributed by atoms with Gasteiger partial charge < -0.3 is 10.6 Å². The number of hydrogen-bond acceptors (Lipinski definition) is 3. The minimum atomic E-state index is 0.607. The fourth-order valence-corrected chi connectivity index (χ4v) is 2.23. The fraction of sp³-hybridized carbons (Fsp3) is 0.364. The van der Waals surface area contributed by atoms with Gasteiger partial charge in [0, 0.05) is 13.1 Å². The second kappa shape index (κ2) is 3.15. The third-order valence-corrected chi connectivity index (χ3v) is 3.01. The Bertz CT molecular complexity index is 482. The lowest BCUT2D eigenvalue weighted by Crippen LogP contribution is -2.20. The first-order valence-electron chi connectivity index (χ1n) is 5.33. The molecule has 0 amide bonds. The number of imidazole rings is 1. The maximum Gasteiger partial charge on any atom is 0.149 e. The van der Waals surface area contributed by atoms with Gasteiger partial charge in [-0.2, -0.15) is 0 Å². The van der Waals surface area contributed by atoms with E-state index in [1.54, 1.807) is 6.33 Å². The van der Waals surface area contributed by atoms with Gasteiger partial charge in [0.1, 0.15) is 18.0 Å². The lowest BCUT2D eigenvalue weighted by Gasteiger charge is -2.18. The van der Waals surface area contributed by atoms with E-state index in [1.165, 1.54) is 18.7 Å². The quantitative estimate of drug-likeness (QED) is 0.762. The van der Waals surface area contributed by atoms with Crippen LogP contribution in [0.3, 0.4) is 0 Å². The van der Waals surface area contributed by atoms with Crippen molar-refractivity contribution in [3.8, 4) is 0 Å². The van der Waals surface area contributed by atoms with E-state index in [0.29, 0.717) is 5.82 Å². The molecule has 0 bridgehead atoms. The Balaban J connectivity index is 2.17. The summed E-state index contributed by atoms with van der Waals surface area (Å²) in [6.07, 6.45) is 4.36. The average molecular weight is 202 g/mol. The number of anilines is 2. The Morgan fingerprint density at radius 2 is 2.00 bits per heavy atom. The SMILES string of the molecule is Nc1ncn2c(N3CCCC3)cccc12. The molecule has 1 aliphatic rings. The summed E-state index contributed by atoms with van der Waals surface area (Å²) in [5, 5.41) is 0. The molecule has 0 aliphatic carbocycles. The van der Waals surface area contributed by atoms with Crippen LogP contribution in [-0.2, 0) is 0 Å².